The van der Waals surface area contributed by atoms with Crippen LogP contribution in [0.2, 0.25) is 0 Å². The van der Waals surface area contributed by atoms with Crippen LogP contribution >= 0.6 is 12.4 Å². The molecule has 154 valence electrons. The van der Waals surface area contributed by atoms with Crippen molar-refractivity contribution >= 4 is 12.4 Å². The van der Waals surface area contributed by atoms with E-state index in [1.54, 1.807) is 12.1 Å². The molecular weight excluding hydrogens is 391 g/mol. The maximum absolute atomic E-state index is 13.1. The number of rotatable bonds is 6. The molecule has 29 heavy (non-hydrogen) atoms. The standard InChI is InChI=1S/C22H25FN4O.ClH/c1-15(22-25-21(26-28-22)11-16-7-9-19(23)10-8-16)27-13-18(12-24)20(14-27)17-5-3-2-4-6-17;/h2-10,15,18,20H,11-14,24H2,1H3;1H/t15?,18-,20+;/m1./s1. The summed E-state index contributed by atoms with van der Waals surface area (Å²) in [7, 11) is 0. The Labute approximate surface area is 176 Å². The van der Waals surface area contributed by atoms with Crippen LogP contribution in [0.25, 0.3) is 0 Å². The molecule has 0 spiro atoms. The molecule has 1 saturated heterocycles. The van der Waals surface area contributed by atoms with E-state index in [4.69, 9.17) is 10.3 Å². The van der Waals surface area contributed by atoms with Crippen molar-refractivity contribution in [2.45, 2.75) is 25.3 Å². The highest BCUT2D eigenvalue weighted by Gasteiger charge is 2.36. The van der Waals surface area contributed by atoms with Crippen molar-refractivity contribution in [1.29, 1.82) is 0 Å². The predicted octanol–water partition coefficient (Wildman–Crippen LogP) is 3.96. The molecule has 2 aromatic carbocycles. The highest BCUT2D eigenvalue weighted by atomic mass is 35.5. The summed E-state index contributed by atoms with van der Waals surface area (Å²) in [5.41, 5.74) is 8.34. The van der Waals surface area contributed by atoms with Gasteiger partial charge in [0.2, 0.25) is 5.89 Å². The van der Waals surface area contributed by atoms with Crippen LogP contribution in [0.5, 0.6) is 0 Å². The summed E-state index contributed by atoms with van der Waals surface area (Å²) in [4.78, 5) is 6.94. The fourth-order valence-corrected chi connectivity index (χ4v) is 3.99. The predicted molar refractivity (Wildman–Crippen MR) is 112 cm³/mol. The second-order valence-corrected chi connectivity index (χ2v) is 7.49. The minimum absolute atomic E-state index is 0. The number of benzene rings is 2. The third kappa shape index (κ3) is 4.83. The Balaban J connectivity index is 0.00000240. The Morgan fingerprint density at radius 3 is 2.55 bits per heavy atom. The lowest BCUT2D eigenvalue weighted by atomic mass is 9.89. The van der Waals surface area contributed by atoms with Crippen LogP contribution in [0.15, 0.2) is 59.1 Å². The lowest BCUT2D eigenvalue weighted by molar-refractivity contribution is 0.202. The summed E-state index contributed by atoms with van der Waals surface area (Å²) < 4.78 is 18.6. The monoisotopic (exact) mass is 416 g/mol. The first-order valence-electron chi connectivity index (χ1n) is 9.70. The first-order chi connectivity index (χ1) is 13.6. The molecule has 2 heterocycles. The van der Waals surface area contributed by atoms with Gasteiger partial charge in [0.25, 0.3) is 0 Å². The molecule has 0 aliphatic carbocycles. The molecule has 1 aromatic heterocycles. The van der Waals surface area contributed by atoms with E-state index in [1.165, 1.54) is 17.7 Å². The van der Waals surface area contributed by atoms with Crippen molar-refractivity contribution in [3.63, 3.8) is 0 Å². The Kier molecular flexibility index (Phi) is 7.00. The number of nitrogens with zero attached hydrogens (tertiary/aromatic N) is 3. The molecule has 0 amide bonds. The van der Waals surface area contributed by atoms with Gasteiger partial charge in [-0.25, -0.2) is 4.39 Å². The number of hydrogen-bond donors (Lipinski definition) is 1. The van der Waals surface area contributed by atoms with Gasteiger partial charge < -0.3 is 10.3 Å². The topological polar surface area (TPSA) is 68.2 Å². The second kappa shape index (κ2) is 9.48. The number of halogens is 2. The summed E-state index contributed by atoms with van der Waals surface area (Å²) >= 11 is 0. The highest BCUT2D eigenvalue weighted by Crippen LogP contribution is 2.36. The molecule has 3 aromatic rings. The van der Waals surface area contributed by atoms with E-state index in [0.717, 1.165) is 18.7 Å². The minimum atomic E-state index is -0.248. The zero-order valence-corrected chi connectivity index (χ0v) is 17.2. The Bertz CT molecular complexity index is 903. The second-order valence-electron chi connectivity index (χ2n) is 7.49. The quantitative estimate of drug-likeness (QED) is 0.658. The maximum Gasteiger partial charge on any atom is 0.243 e. The van der Waals surface area contributed by atoms with Crippen molar-refractivity contribution in [2.75, 3.05) is 19.6 Å². The van der Waals surface area contributed by atoms with Crippen molar-refractivity contribution in [1.82, 2.24) is 15.0 Å². The van der Waals surface area contributed by atoms with Crippen LogP contribution in [0.1, 0.15) is 41.7 Å². The Hall–Kier alpha value is -2.28. The van der Waals surface area contributed by atoms with Crippen molar-refractivity contribution in [2.24, 2.45) is 11.7 Å². The van der Waals surface area contributed by atoms with Crippen molar-refractivity contribution in [3.8, 4) is 0 Å². The summed E-state index contributed by atoms with van der Waals surface area (Å²) in [5.74, 6) is 1.80. The molecule has 1 aliphatic rings. The number of hydrogen-bond acceptors (Lipinski definition) is 5. The molecule has 5 nitrogen and oxygen atoms in total. The minimum Gasteiger partial charge on any atom is -0.338 e. The number of likely N-dealkylation sites (tertiary alicyclic amines) is 1. The van der Waals surface area contributed by atoms with Gasteiger partial charge in [-0.2, -0.15) is 4.98 Å². The molecule has 1 aliphatic heterocycles. The lowest BCUT2D eigenvalue weighted by Crippen LogP contribution is -2.26. The largest absolute Gasteiger partial charge is 0.338 e. The van der Waals surface area contributed by atoms with Gasteiger partial charge in [0.05, 0.1) is 6.04 Å². The maximum atomic E-state index is 13.1. The van der Waals surface area contributed by atoms with Crippen LogP contribution in [0.3, 0.4) is 0 Å². The van der Waals surface area contributed by atoms with E-state index < -0.39 is 0 Å². The van der Waals surface area contributed by atoms with Crippen LogP contribution < -0.4 is 5.73 Å². The van der Waals surface area contributed by atoms with Gasteiger partial charge in [-0.15, -0.1) is 12.4 Å². The zero-order chi connectivity index (χ0) is 19.5. The average Bonchev–Trinajstić information content (AvgIpc) is 3.37. The molecular formula is C22H26ClFN4O. The van der Waals surface area contributed by atoms with Gasteiger partial charge in [-0.05, 0) is 42.6 Å². The molecule has 1 unspecified atom stereocenters. The van der Waals surface area contributed by atoms with Crippen molar-refractivity contribution in [3.05, 3.63) is 83.3 Å². The Morgan fingerprint density at radius 1 is 1.14 bits per heavy atom. The molecule has 3 atom stereocenters. The Morgan fingerprint density at radius 2 is 1.86 bits per heavy atom. The first-order valence-corrected chi connectivity index (χ1v) is 9.70. The third-order valence-corrected chi connectivity index (χ3v) is 5.66. The van der Waals surface area contributed by atoms with Gasteiger partial charge in [0.1, 0.15) is 5.82 Å². The average molecular weight is 417 g/mol. The van der Waals surface area contributed by atoms with E-state index >= 15 is 0 Å². The van der Waals surface area contributed by atoms with Gasteiger partial charge in [-0.1, -0.05) is 47.6 Å². The van der Waals surface area contributed by atoms with E-state index in [0.29, 0.717) is 36.5 Å². The molecule has 2 N–H and O–H groups in total. The molecule has 0 radical (unpaired) electrons. The van der Waals surface area contributed by atoms with E-state index in [2.05, 4.69) is 46.2 Å². The third-order valence-electron chi connectivity index (χ3n) is 5.66. The first kappa shape index (κ1) is 21.4. The molecule has 7 heteroatoms. The van der Waals surface area contributed by atoms with E-state index in [-0.39, 0.29) is 24.3 Å². The van der Waals surface area contributed by atoms with Gasteiger partial charge >= 0.3 is 0 Å². The van der Waals surface area contributed by atoms with Gasteiger partial charge in [0.15, 0.2) is 5.82 Å². The molecule has 4 rings (SSSR count). The number of aromatic nitrogens is 2. The summed E-state index contributed by atoms with van der Waals surface area (Å²) in [6, 6.07) is 16.9. The van der Waals surface area contributed by atoms with Crippen LogP contribution in [0.4, 0.5) is 4.39 Å². The van der Waals surface area contributed by atoms with Crippen LogP contribution in [0, 0.1) is 11.7 Å². The smallest absolute Gasteiger partial charge is 0.243 e. The summed E-state index contributed by atoms with van der Waals surface area (Å²) in [5, 5.41) is 4.11. The van der Waals surface area contributed by atoms with Crippen molar-refractivity contribution < 1.29 is 8.91 Å². The fourth-order valence-electron chi connectivity index (χ4n) is 3.99. The van der Waals surface area contributed by atoms with E-state index in [1.807, 2.05) is 6.07 Å². The SMILES string of the molecule is CC(c1nc(Cc2ccc(F)cc2)no1)N1C[C@@H](CN)[C@H](c2ccccc2)C1.Cl. The fraction of sp³-hybridized carbons (Fsp3) is 0.364. The summed E-state index contributed by atoms with van der Waals surface area (Å²) in [6.07, 6.45) is 0.522. The van der Waals surface area contributed by atoms with Crippen LogP contribution in [-0.2, 0) is 6.42 Å². The van der Waals surface area contributed by atoms with Crippen LogP contribution in [-0.4, -0.2) is 34.7 Å². The molecule has 1 fully saturated rings. The molecule has 0 bridgehead atoms. The summed E-state index contributed by atoms with van der Waals surface area (Å²) in [6.45, 7) is 4.58. The lowest BCUT2D eigenvalue weighted by Gasteiger charge is -2.21. The zero-order valence-electron chi connectivity index (χ0n) is 16.4. The highest BCUT2D eigenvalue weighted by molar-refractivity contribution is 5.85. The number of nitrogens with two attached hydrogens (primary N) is 1. The molecule has 0 saturated carbocycles. The van der Waals surface area contributed by atoms with E-state index in [9.17, 15) is 4.39 Å². The van der Waals surface area contributed by atoms with Gasteiger partial charge in [0, 0.05) is 25.4 Å². The van der Waals surface area contributed by atoms with Gasteiger partial charge in [-0.3, -0.25) is 4.90 Å². The normalized spacial score (nSPS) is 20.4.